The average molecular weight is 585 g/mol. The van der Waals surface area contributed by atoms with Crippen LogP contribution in [-0.4, -0.2) is 70.7 Å². The zero-order chi connectivity index (χ0) is 30.4. The Morgan fingerprint density at radius 3 is 2.23 bits per heavy atom. The van der Waals surface area contributed by atoms with E-state index in [4.69, 9.17) is 9.72 Å². The van der Waals surface area contributed by atoms with Gasteiger partial charge in [-0.3, -0.25) is 14.7 Å². The molecule has 0 unspecified atom stereocenters. The van der Waals surface area contributed by atoms with Crippen LogP contribution < -0.4 is 15.5 Å². The highest BCUT2D eigenvalue weighted by atomic mass is 16.6. The summed E-state index contributed by atoms with van der Waals surface area (Å²) >= 11 is 0. The standard InChI is InChI=1S/C34H44N6O3/c1-24-29(26-10-16-35-17-11-26)6-5-7-30(24)32(41)37-27-12-18-39(19-13-27)23-25-8-9-31(36-22-25)40-20-14-28(15-21-40)38-33(42)43-34(2,3)4/h5-11,16-17,22,27-28H,12-15,18-21,23H2,1-4H3,(H,37,41)(H,38,42). The average Bonchev–Trinajstić information content (AvgIpc) is 2.98. The van der Waals surface area contributed by atoms with Crippen molar-refractivity contribution in [1.29, 1.82) is 0 Å². The van der Waals surface area contributed by atoms with E-state index < -0.39 is 5.60 Å². The highest BCUT2D eigenvalue weighted by Crippen LogP contribution is 2.26. The lowest BCUT2D eigenvalue weighted by molar-refractivity contribution is 0.0497. The molecule has 43 heavy (non-hydrogen) atoms. The lowest BCUT2D eigenvalue weighted by Gasteiger charge is -2.34. The maximum absolute atomic E-state index is 13.2. The molecule has 5 rings (SSSR count). The zero-order valence-corrected chi connectivity index (χ0v) is 25.8. The summed E-state index contributed by atoms with van der Waals surface area (Å²) in [4.78, 5) is 38.9. The van der Waals surface area contributed by atoms with Crippen LogP contribution in [0, 0.1) is 6.92 Å². The number of amides is 2. The van der Waals surface area contributed by atoms with E-state index in [1.54, 1.807) is 12.4 Å². The van der Waals surface area contributed by atoms with Crippen LogP contribution >= 0.6 is 0 Å². The molecule has 9 nitrogen and oxygen atoms in total. The zero-order valence-electron chi connectivity index (χ0n) is 25.8. The van der Waals surface area contributed by atoms with Gasteiger partial charge >= 0.3 is 6.09 Å². The maximum Gasteiger partial charge on any atom is 0.407 e. The molecule has 0 atom stereocenters. The van der Waals surface area contributed by atoms with Crippen LogP contribution in [0.25, 0.3) is 11.1 Å². The molecule has 2 aliphatic rings. The van der Waals surface area contributed by atoms with Crippen molar-refractivity contribution in [2.45, 2.75) is 77.6 Å². The Hall–Kier alpha value is -3.98. The summed E-state index contributed by atoms with van der Waals surface area (Å²) in [7, 11) is 0. The first kappa shape index (κ1) is 30.5. The van der Waals surface area contributed by atoms with E-state index in [1.165, 1.54) is 5.56 Å². The molecule has 2 saturated heterocycles. The lowest BCUT2D eigenvalue weighted by Crippen LogP contribution is -2.46. The molecular weight excluding hydrogens is 540 g/mol. The second-order valence-corrected chi connectivity index (χ2v) is 12.7. The van der Waals surface area contributed by atoms with E-state index in [2.05, 4.69) is 43.6 Å². The van der Waals surface area contributed by atoms with Gasteiger partial charge in [-0.25, -0.2) is 9.78 Å². The number of nitrogens with zero attached hydrogens (tertiary/aromatic N) is 4. The van der Waals surface area contributed by atoms with Gasteiger partial charge in [-0.1, -0.05) is 18.2 Å². The number of likely N-dealkylation sites (tertiary alicyclic amines) is 1. The van der Waals surface area contributed by atoms with Gasteiger partial charge in [0, 0.05) is 69.0 Å². The predicted octanol–water partition coefficient (Wildman–Crippen LogP) is 5.34. The van der Waals surface area contributed by atoms with Crippen molar-refractivity contribution in [2.75, 3.05) is 31.1 Å². The number of piperidine rings is 2. The summed E-state index contributed by atoms with van der Waals surface area (Å²) in [5, 5.41) is 6.28. The number of aromatic nitrogens is 2. The first-order valence-electron chi connectivity index (χ1n) is 15.4. The third kappa shape index (κ3) is 8.32. The molecule has 0 spiro atoms. The molecular formula is C34H44N6O3. The fourth-order valence-corrected chi connectivity index (χ4v) is 5.91. The van der Waals surface area contributed by atoms with Crippen molar-refractivity contribution < 1.29 is 14.3 Å². The van der Waals surface area contributed by atoms with Crippen LogP contribution in [0.3, 0.4) is 0 Å². The van der Waals surface area contributed by atoms with Crippen molar-refractivity contribution >= 4 is 17.8 Å². The number of alkyl carbamates (subject to hydrolysis) is 1. The van der Waals surface area contributed by atoms with E-state index in [0.717, 1.165) is 86.5 Å². The van der Waals surface area contributed by atoms with Crippen LogP contribution in [-0.2, 0) is 11.3 Å². The minimum Gasteiger partial charge on any atom is -0.444 e. The van der Waals surface area contributed by atoms with Gasteiger partial charge in [0.05, 0.1) is 0 Å². The topological polar surface area (TPSA) is 99.7 Å². The Morgan fingerprint density at radius 1 is 0.907 bits per heavy atom. The SMILES string of the molecule is Cc1c(C(=O)NC2CCN(Cc3ccc(N4CCC(NC(=O)OC(C)(C)C)CC4)nc3)CC2)cccc1-c1ccncc1. The summed E-state index contributed by atoms with van der Waals surface area (Å²) in [6.45, 7) is 12.0. The monoisotopic (exact) mass is 584 g/mol. The van der Waals surface area contributed by atoms with Crippen LogP contribution in [0.4, 0.5) is 10.6 Å². The lowest BCUT2D eigenvalue weighted by atomic mass is 9.96. The van der Waals surface area contributed by atoms with Crippen molar-refractivity contribution in [2.24, 2.45) is 0 Å². The largest absolute Gasteiger partial charge is 0.444 e. The number of nitrogens with one attached hydrogen (secondary N) is 2. The van der Waals surface area contributed by atoms with Gasteiger partial charge in [0.1, 0.15) is 11.4 Å². The van der Waals surface area contributed by atoms with Crippen LogP contribution in [0.5, 0.6) is 0 Å². The number of hydrogen-bond donors (Lipinski definition) is 2. The minimum atomic E-state index is -0.490. The number of pyridine rings is 2. The van der Waals surface area contributed by atoms with Gasteiger partial charge in [0.2, 0.25) is 0 Å². The first-order chi connectivity index (χ1) is 20.6. The van der Waals surface area contributed by atoms with Crippen LogP contribution in [0.1, 0.15) is 67.9 Å². The van der Waals surface area contributed by atoms with Gasteiger partial charge in [0.15, 0.2) is 0 Å². The van der Waals surface area contributed by atoms with Gasteiger partial charge in [-0.15, -0.1) is 0 Å². The fourth-order valence-electron chi connectivity index (χ4n) is 5.91. The molecule has 2 amide bonds. The number of rotatable bonds is 7. The third-order valence-electron chi connectivity index (χ3n) is 8.25. The number of carbonyl (C=O) groups excluding carboxylic acids is 2. The molecule has 2 N–H and O–H groups in total. The molecule has 2 aromatic heterocycles. The maximum atomic E-state index is 13.2. The molecule has 2 aliphatic heterocycles. The van der Waals surface area contributed by atoms with Gasteiger partial charge in [-0.2, -0.15) is 0 Å². The van der Waals surface area contributed by atoms with E-state index in [9.17, 15) is 9.59 Å². The summed E-state index contributed by atoms with van der Waals surface area (Å²) in [6.07, 6.45) is 8.76. The Labute approximate surface area is 255 Å². The number of carbonyl (C=O) groups is 2. The normalized spacial score (nSPS) is 17.0. The number of hydrogen-bond acceptors (Lipinski definition) is 7. The van der Waals surface area contributed by atoms with Crippen LogP contribution in [0.15, 0.2) is 61.1 Å². The molecule has 228 valence electrons. The molecule has 3 aromatic rings. The van der Waals surface area contributed by atoms with Gasteiger partial charge in [-0.05, 0) is 99.9 Å². The Kier molecular flexibility index (Phi) is 9.60. The molecule has 2 fully saturated rings. The quantitative estimate of drug-likeness (QED) is 0.387. The van der Waals surface area contributed by atoms with Gasteiger partial charge in [0.25, 0.3) is 5.91 Å². The van der Waals surface area contributed by atoms with E-state index in [1.807, 2.05) is 58.2 Å². The molecule has 0 radical (unpaired) electrons. The second kappa shape index (κ2) is 13.5. The van der Waals surface area contributed by atoms with E-state index in [0.29, 0.717) is 0 Å². The van der Waals surface area contributed by atoms with Gasteiger partial charge < -0.3 is 20.3 Å². The Bertz CT molecular complexity index is 1370. The number of anilines is 1. The second-order valence-electron chi connectivity index (χ2n) is 12.7. The summed E-state index contributed by atoms with van der Waals surface area (Å²) in [6, 6.07) is 14.4. The third-order valence-corrected chi connectivity index (χ3v) is 8.25. The molecule has 9 heteroatoms. The highest BCUT2D eigenvalue weighted by Gasteiger charge is 2.25. The molecule has 0 aliphatic carbocycles. The van der Waals surface area contributed by atoms with Crippen molar-refractivity contribution in [3.05, 3.63) is 77.7 Å². The first-order valence-corrected chi connectivity index (χ1v) is 15.4. The Balaban J connectivity index is 1.06. The number of ether oxygens (including phenoxy) is 1. The minimum absolute atomic E-state index is 0.00343. The fraction of sp³-hybridized carbons (Fsp3) is 0.471. The van der Waals surface area contributed by atoms with Crippen molar-refractivity contribution in [3.8, 4) is 11.1 Å². The summed E-state index contributed by atoms with van der Waals surface area (Å²) in [5.41, 5.74) is 4.54. The predicted molar refractivity (Wildman–Crippen MR) is 169 cm³/mol. The van der Waals surface area contributed by atoms with E-state index >= 15 is 0 Å². The summed E-state index contributed by atoms with van der Waals surface area (Å²) < 4.78 is 5.39. The molecule has 0 bridgehead atoms. The molecule has 1 aromatic carbocycles. The highest BCUT2D eigenvalue weighted by molar-refractivity contribution is 5.97. The van der Waals surface area contributed by atoms with Crippen LogP contribution in [0.2, 0.25) is 0 Å². The van der Waals surface area contributed by atoms with E-state index in [-0.39, 0.29) is 24.1 Å². The van der Waals surface area contributed by atoms with Crippen molar-refractivity contribution in [3.63, 3.8) is 0 Å². The molecule has 4 heterocycles. The number of benzene rings is 1. The smallest absolute Gasteiger partial charge is 0.407 e. The molecule has 0 saturated carbocycles. The van der Waals surface area contributed by atoms with Crippen molar-refractivity contribution in [1.82, 2.24) is 25.5 Å². The Morgan fingerprint density at radius 2 is 1.58 bits per heavy atom. The summed E-state index contributed by atoms with van der Waals surface area (Å²) in [5.74, 6) is 0.973.